The summed E-state index contributed by atoms with van der Waals surface area (Å²) in [6, 6.07) is 13.4. The number of amides is 3. The summed E-state index contributed by atoms with van der Waals surface area (Å²) in [6.07, 6.45) is 6.18. The molecule has 2 N–H and O–H groups in total. The molecule has 2 saturated heterocycles. The van der Waals surface area contributed by atoms with Gasteiger partial charge in [-0.3, -0.25) is 14.4 Å². The van der Waals surface area contributed by atoms with Crippen molar-refractivity contribution in [1.29, 1.82) is 0 Å². The number of ether oxygens (including phenoxy) is 2. The number of benzene rings is 2. The van der Waals surface area contributed by atoms with Crippen LogP contribution in [0.25, 0.3) is 0 Å². The first-order chi connectivity index (χ1) is 19.7. The fourth-order valence-corrected chi connectivity index (χ4v) is 7.30. The lowest BCUT2D eigenvalue weighted by Gasteiger charge is -2.38. The Morgan fingerprint density at radius 3 is 2.51 bits per heavy atom. The predicted molar refractivity (Wildman–Crippen MR) is 155 cm³/mol. The molecule has 3 aliphatic heterocycles. The smallest absolute Gasteiger partial charge is 0.246 e. The largest absolute Gasteiger partial charge is 0.497 e. The van der Waals surface area contributed by atoms with Crippen molar-refractivity contribution in [3.63, 3.8) is 0 Å². The molecule has 8 nitrogen and oxygen atoms in total. The quantitative estimate of drug-likeness (QED) is 0.470. The highest BCUT2D eigenvalue weighted by Gasteiger charge is 2.72. The summed E-state index contributed by atoms with van der Waals surface area (Å²) in [5.41, 5.74) is 0.216. The molecule has 1 spiro atoms. The second kappa shape index (κ2) is 10.8. The van der Waals surface area contributed by atoms with E-state index in [1.165, 1.54) is 0 Å². The predicted octanol–water partition coefficient (Wildman–Crippen LogP) is 4.58. The van der Waals surface area contributed by atoms with Gasteiger partial charge in [0.2, 0.25) is 17.7 Å². The maximum atomic E-state index is 14.2. The van der Waals surface area contributed by atoms with Gasteiger partial charge in [0.15, 0.2) is 0 Å². The highest BCUT2D eigenvalue weighted by Crippen LogP contribution is 2.55. The molecule has 1 aliphatic carbocycles. The van der Waals surface area contributed by atoms with E-state index in [4.69, 9.17) is 21.1 Å². The number of nitrogens with one attached hydrogen (secondary N) is 2. The van der Waals surface area contributed by atoms with E-state index in [0.29, 0.717) is 28.3 Å². The number of likely N-dealkylation sites (tertiary alicyclic amines) is 1. The molecule has 6 unspecified atom stereocenters. The van der Waals surface area contributed by atoms with Crippen LogP contribution in [0.3, 0.4) is 0 Å². The minimum Gasteiger partial charge on any atom is -0.497 e. The van der Waals surface area contributed by atoms with Gasteiger partial charge >= 0.3 is 0 Å². The monoisotopic (exact) mass is 577 g/mol. The first-order valence-corrected chi connectivity index (χ1v) is 14.8. The third kappa shape index (κ3) is 4.81. The molecular formula is C32H36ClN3O5. The van der Waals surface area contributed by atoms with Gasteiger partial charge in [-0.15, -0.1) is 0 Å². The van der Waals surface area contributed by atoms with E-state index < -0.39 is 29.6 Å². The van der Waals surface area contributed by atoms with Crippen molar-refractivity contribution in [3.8, 4) is 5.75 Å². The molecule has 4 aliphatic rings. The second-order valence-electron chi connectivity index (χ2n) is 11.9. The summed E-state index contributed by atoms with van der Waals surface area (Å²) in [5.74, 6) is -0.868. The van der Waals surface area contributed by atoms with Crippen molar-refractivity contribution >= 4 is 35.0 Å². The lowest BCUT2D eigenvalue weighted by Crippen LogP contribution is -2.57. The van der Waals surface area contributed by atoms with Crippen molar-refractivity contribution in [1.82, 2.24) is 10.2 Å². The zero-order valence-electron chi connectivity index (χ0n) is 23.5. The van der Waals surface area contributed by atoms with Gasteiger partial charge in [-0.25, -0.2) is 0 Å². The Morgan fingerprint density at radius 1 is 1.07 bits per heavy atom. The van der Waals surface area contributed by atoms with Crippen LogP contribution in [0.4, 0.5) is 5.69 Å². The molecule has 3 heterocycles. The fraction of sp³-hybridized carbons (Fsp3) is 0.469. The van der Waals surface area contributed by atoms with Crippen LogP contribution in [0, 0.1) is 23.7 Å². The molecule has 41 heavy (non-hydrogen) atoms. The second-order valence-corrected chi connectivity index (χ2v) is 12.3. The van der Waals surface area contributed by atoms with E-state index in [0.717, 1.165) is 24.8 Å². The van der Waals surface area contributed by atoms with Crippen molar-refractivity contribution in [2.45, 2.75) is 63.4 Å². The fourth-order valence-electron chi connectivity index (χ4n) is 7.17. The summed E-state index contributed by atoms with van der Waals surface area (Å²) in [7, 11) is 1.60. The maximum absolute atomic E-state index is 14.2. The van der Waals surface area contributed by atoms with E-state index in [-0.39, 0.29) is 30.3 Å². The van der Waals surface area contributed by atoms with Gasteiger partial charge in [0.05, 0.1) is 25.0 Å². The standard InChI is InChI=1S/C32H36ClN3O5/c1-18-5-4-6-24(19(18)2)35-30(38)28-32-16-15-25(41-32)26(29(37)34-22-11-9-21(33)10-12-22)27(32)31(39)36(28)17-20-7-13-23(40-3)14-8-20/h7-16,18-19,24-28H,4-6,17H2,1-3H3,(H,34,37)(H,35,38)/t18?,19?,24?,25-,26?,27-,28?,32?/m1/s1. The molecule has 2 aromatic carbocycles. The highest BCUT2D eigenvalue weighted by molar-refractivity contribution is 6.30. The number of halogens is 1. The minimum atomic E-state index is -1.22. The molecule has 6 rings (SSSR count). The Kier molecular flexibility index (Phi) is 7.32. The normalized spacial score (nSPS) is 33.5. The van der Waals surface area contributed by atoms with E-state index >= 15 is 0 Å². The van der Waals surface area contributed by atoms with Gasteiger partial charge < -0.3 is 25.0 Å². The van der Waals surface area contributed by atoms with Crippen LogP contribution in [-0.2, 0) is 25.7 Å². The van der Waals surface area contributed by atoms with Crippen LogP contribution in [0.2, 0.25) is 5.02 Å². The van der Waals surface area contributed by atoms with Crippen molar-refractivity contribution in [3.05, 3.63) is 71.3 Å². The van der Waals surface area contributed by atoms with Crippen molar-refractivity contribution < 1.29 is 23.9 Å². The Bertz CT molecular complexity index is 1360. The van der Waals surface area contributed by atoms with Crippen molar-refractivity contribution in [2.75, 3.05) is 12.4 Å². The van der Waals surface area contributed by atoms with E-state index in [1.54, 1.807) is 36.3 Å². The third-order valence-electron chi connectivity index (χ3n) is 9.58. The van der Waals surface area contributed by atoms with Gasteiger partial charge in [0.25, 0.3) is 0 Å². The number of methoxy groups -OCH3 is 1. The Hall–Kier alpha value is -3.36. The minimum absolute atomic E-state index is 0.0196. The van der Waals surface area contributed by atoms with Gasteiger partial charge in [-0.05, 0) is 60.2 Å². The van der Waals surface area contributed by atoms with Crippen LogP contribution in [0.5, 0.6) is 5.75 Å². The zero-order valence-corrected chi connectivity index (χ0v) is 24.3. The molecule has 0 aromatic heterocycles. The number of hydrogen-bond acceptors (Lipinski definition) is 5. The summed E-state index contributed by atoms with van der Waals surface area (Å²) in [4.78, 5) is 43.7. The number of anilines is 1. The van der Waals surface area contributed by atoms with Crippen LogP contribution >= 0.6 is 11.6 Å². The molecular weight excluding hydrogens is 542 g/mol. The van der Waals surface area contributed by atoms with Crippen molar-refractivity contribution in [2.24, 2.45) is 23.7 Å². The molecule has 9 heteroatoms. The van der Waals surface area contributed by atoms with E-state index in [1.807, 2.05) is 36.4 Å². The molecule has 0 radical (unpaired) electrons. The van der Waals surface area contributed by atoms with Gasteiger partial charge in [-0.1, -0.05) is 62.6 Å². The maximum Gasteiger partial charge on any atom is 0.246 e. The van der Waals surface area contributed by atoms with Gasteiger partial charge in [-0.2, -0.15) is 0 Å². The number of carbonyl (C=O) groups excluding carboxylic acids is 3. The van der Waals surface area contributed by atoms with Crippen LogP contribution in [0.15, 0.2) is 60.7 Å². The Morgan fingerprint density at radius 2 is 1.80 bits per heavy atom. The summed E-state index contributed by atoms with van der Waals surface area (Å²) < 4.78 is 11.8. The molecule has 2 aromatic rings. The third-order valence-corrected chi connectivity index (χ3v) is 9.84. The SMILES string of the molecule is COc1ccc(CN2C(=O)[C@H]3C(C(=O)Nc4ccc(Cl)cc4)[C@H]4C=CC3(O4)C2C(=O)NC2CCCC(C)C2C)cc1. The van der Waals surface area contributed by atoms with E-state index in [2.05, 4.69) is 24.5 Å². The number of fused-ring (bicyclic) bond motifs is 1. The Labute approximate surface area is 245 Å². The van der Waals surface area contributed by atoms with Crippen LogP contribution < -0.4 is 15.4 Å². The van der Waals surface area contributed by atoms with Crippen LogP contribution in [0.1, 0.15) is 38.7 Å². The molecule has 216 valence electrons. The number of nitrogens with zero attached hydrogens (tertiary/aromatic N) is 1. The number of rotatable bonds is 7. The molecule has 8 atom stereocenters. The summed E-state index contributed by atoms with van der Waals surface area (Å²) >= 11 is 6.01. The molecule has 3 amide bonds. The highest BCUT2D eigenvalue weighted by atomic mass is 35.5. The number of hydrogen-bond donors (Lipinski definition) is 2. The van der Waals surface area contributed by atoms with Gasteiger partial charge in [0, 0.05) is 23.3 Å². The topological polar surface area (TPSA) is 97.0 Å². The first-order valence-electron chi connectivity index (χ1n) is 14.4. The molecule has 1 saturated carbocycles. The van der Waals surface area contributed by atoms with Crippen LogP contribution in [-0.4, -0.2) is 53.5 Å². The lowest BCUT2D eigenvalue weighted by molar-refractivity contribution is -0.142. The number of carbonyl (C=O) groups is 3. The summed E-state index contributed by atoms with van der Waals surface area (Å²) in [5, 5.41) is 6.78. The molecule has 3 fully saturated rings. The average Bonchev–Trinajstić information content (AvgIpc) is 3.60. The van der Waals surface area contributed by atoms with E-state index in [9.17, 15) is 14.4 Å². The average molecular weight is 578 g/mol. The Balaban J connectivity index is 1.32. The first kappa shape index (κ1) is 27.8. The summed E-state index contributed by atoms with van der Waals surface area (Å²) in [6.45, 7) is 4.61. The zero-order chi connectivity index (χ0) is 28.9. The van der Waals surface area contributed by atoms with Gasteiger partial charge in [0.1, 0.15) is 17.4 Å². The molecule has 2 bridgehead atoms. The lowest BCUT2D eigenvalue weighted by atomic mass is 9.73.